The summed E-state index contributed by atoms with van der Waals surface area (Å²) in [5, 5.41) is 20.9. The number of alkyl carbamates (subject to hydrolysis) is 1. The van der Waals surface area contributed by atoms with Crippen molar-refractivity contribution in [2.24, 2.45) is 0 Å². The second-order valence-electron chi connectivity index (χ2n) is 5.29. The van der Waals surface area contributed by atoms with Crippen molar-refractivity contribution in [2.75, 3.05) is 26.7 Å². The summed E-state index contributed by atoms with van der Waals surface area (Å²) in [6, 6.07) is 0. The summed E-state index contributed by atoms with van der Waals surface area (Å²) in [6.45, 7) is 5.30. The fraction of sp³-hybridized carbons (Fsp3) is 0.857. The molecule has 0 aromatic rings. The molecule has 1 fully saturated rings. The summed E-state index contributed by atoms with van der Waals surface area (Å²) in [5.41, 5.74) is -0.293. The van der Waals surface area contributed by atoms with Gasteiger partial charge in [0.2, 0.25) is 0 Å². The number of nitrogens with one attached hydrogen (secondary N) is 2. The maximum Gasteiger partial charge on any atom is 0.407 e. The Labute approximate surface area is 136 Å². The Bertz CT molecular complexity index is 370. The number of hydrogen-bond donors (Lipinski definition) is 3. The second-order valence-corrected chi connectivity index (χ2v) is 6.43. The van der Waals surface area contributed by atoms with Gasteiger partial charge in [-0.15, -0.1) is 0 Å². The van der Waals surface area contributed by atoms with Gasteiger partial charge in [0.15, 0.2) is 5.17 Å². The fourth-order valence-corrected chi connectivity index (χ4v) is 3.20. The van der Waals surface area contributed by atoms with E-state index in [9.17, 15) is 9.90 Å². The molecule has 1 heterocycles. The molecule has 1 rings (SSSR count). The van der Waals surface area contributed by atoms with Gasteiger partial charge in [0.25, 0.3) is 0 Å². The molecule has 0 aromatic heterocycles. The summed E-state index contributed by atoms with van der Waals surface area (Å²) in [5.74, 6) is 0. The zero-order valence-corrected chi connectivity index (χ0v) is 14.3. The van der Waals surface area contributed by atoms with E-state index in [0.29, 0.717) is 24.6 Å². The monoisotopic (exact) mass is 333 g/mol. The van der Waals surface area contributed by atoms with E-state index in [4.69, 9.17) is 14.9 Å². The van der Waals surface area contributed by atoms with Gasteiger partial charge in [-0.2, -0.15) is 0 Å². The molecule has 22 heavy (non-hydrogen) atoms. The van der Waals surface area contributed by atoms with Gasteiger partial charge >= 0.3 is 6.09 Å². The van der Waals surface area contributed by atoms with Crippen molar-refractivity contribution >= 4 is 23.0 Å². The number of nitrogens with zero attached hydrogens (tertiary/aromatic N) is 1. The summed E-state index contributed by atoms with van der Waals surface area (Å²) in [7, 11) is 1.87. The highest BCUT2D eigenvalue weighted by Gasteiger charge is 2.31. The molecule has 0 saturated carbocycles. The molecule has 1 aliphatic rings. The molecule has 3 N–H and O–H groups in total. The minimum Gasteiger partial charge on any atom is -0.447 e. The Kier molecular flexibility index (Phi) is 8.59. The molecule has 0 aromatic carbocycles. The van der Waals surface area contributed by atoms with Crippen LogP contribution in [0, 0.1) is 5.41 Å². The van der Waals surface area contributed by atoms with Gasteiger partial charge in [0, 0.05) is 33.0 Å². The quantitative estimate of drug-likeness (QED) is 0.505. The Hall–Kier alpha value is -0.990. The molecule has 0 spiro atoms. The number of ether oxygens (including phenoxy) is 2. The lowest BCUT2D eigenvalue weighted by Crippen LogP contribution is -2.39. The van der Waals surface area contributed by atoms with Crippen LogP contribution in [0.4, 0.5) is 4.79 Å². The predicted molar refractivity (Wildman–Crippen MR) is 87.2 cm³/mol. The van der Waals surface area contributed by atoms with Crippen molar-refractivity contribution < 1.29 is 19.4 Å². The molecule has 1 saturated heterocycles. The highest BCUT2D eigenvalue weighted by molar-refractivity contribution is 8.14. The van der Waals surface area contributed by atoms with Crippen LogP contribution in [0.3, 0.4) is 0 Å². The minimum absolute atomic E-state index is 0.109. The lowest BCUT2D eigenvalue weighted by molar-refractivity contribution is -0.0796. The van der Waals surface area contributed by atoms with Gasteiger partial charge < -0.3 is 24.8 Å². The maximum atomic E-state index is 11.3. The lowest BCUT2D eigenvalue weighted by Gasteiger charge is -2.33. The largest absolute Gasteiger partial charge is 0.447 e. The second kappa shape index (κ2) is 9.91. The van der Waals surface area contributed by atoms with Crippen LogP contribution in [0.25, 0.3) is 0 Å². The number of amides is 1. The Morgan fingerprint density at radius 3 is 2.86 bits per heavy atom. The number of aliphatic hydroxyl groups excluding tert-OH is 1. The molecule has 128 valence electrons. The molecular formula is C14H27N3O4S. The lowest BCUT2D eigenvalue weighted by atomic mass is 10.1. The molecule has 1 unspecified atom stereocenters. The van der Waals surface area contributed by atoms with Crippen LogP contribution in [0.5, 0.6) is 0 Å². The van der Waals surface area contributed by atoms with Gasteiger partial charge in [0.1, 0.15) is 12.0 Å². The Morgan fingerprint density at radius 2 is 2.23 bits per heavy atom. The first-order chi connectivity index (χ1) is 10.5. The zero-order chi connectivity index (χ0) is 16.5. The van der Waals surface area contributed by atoms with Gasteiger partial charge in [-0.05, 0) is 13.3 Å². The van der Waals surface area contributed by atoms with Crippen LogP contribution in [0.15, 0.2) is 0 Å². The van der Waals surface area contributed by atoms with Crippen molar-refractivity contribution in [3.05, 3.63) is 0 Å². The first-order valence-corrected chi connectivity index (χ1v) is 8.54. The van der Waals surface area contributed by atoms with E-state index in [1.165, 1.54) is 11.8 Å². The number of carbonyl (C=O) groups excluding carboxylic acids is 1. The third-order valence-corrected chi connectivity index (χ3v) is 4.32. The smallest absolute Gasteiger partial charge is 0.407 e. The highest BCUT2D eigenvalue weighted by Crippen LogP contribution is 2.28. The summed E-state index contributed by atoms with van der Waals surface area (Å²) < 4.78 is 10.9. The number of carbonyl (C=O) groups is 1. The first kappa shape index (κ1) is 19.1. The van der Waals surface area contributed by atoms with Crippen molar-refractivity contribution in [2.45, 2.75) is 50.8 Å². The van der Waals surface area contributed by atoms with Gasteiger partial charge in [-0.3, -0.25) is 5.41 Å². The number of hydrogen-bond acceptors (Lipinski definition) is 6. The first-order valence-electron chi connectivity index (χ1n) is 7.66. The van der Waals surface area contributed by atoms with Crippen molar-refractivity contribution in [1.82, 2.24) is 10.2 Å². The highest BCUT2D eigenvalue weighted by atomic mass is 32.2. The van der Waals surface area contributed by atoms with Crippen LogP contribution in [-0.4, -0.2) is 65.7 Å². The predicted octanol–water partition coefficient (Wildman–Crippen LogP) is 1.61. The third kappa shape index (κ3) is 6.85. The molecule has 1 aliphatic heterocycles. The fourth-order valence-electron chi connectivity index (χ4n) is 2.15. The van der Waals surface area contributed by atoms with Crippen LogP contribution in [-0.2, 0) is 9.47 Å². The topological polar surface area (TPSA) is 94.9 Å². The number of aliphatic hydroxyl groups is 1. The van der Waals surface area contributed by atoms with E-state index in [2.05, 4.69) is 12.2 Å². The minimum atomic E-state index is -0.502. The van der Waals surface area contributed by atoms with Crippen LogP contribution >= 0.6 is 11.8 Å². The van der Waals surface area contributed by atoms with E-state index in [0.717, 1.165) is 13.0 Å². The Morgan fingerprint density at radius 1 is 1.50 bits per heavy atom. The number of thioether (sulfide) groups is 1. The molecule has 0 aliphatic carbocycles. The SMILES string of the molecule is CCCN(C)C(=N)SC1C[C@@H](O)C[C@@H](COC(=O)NCC)O1. The van der Waals surface area contributed by atoms with Gasteiger partial charge in [-0.1, -0.05) is 18.7 Å². The van der Waals surface area contributed by atoms with E-state index >= 15 is 0 Å². The molecule has 0 bridgehead atoms. The van der Waals surface area contributed by atoms with E-state index in [-0.39, 0.29) is 18.1 Å². The van der Waals surface area contributed by atoms with E-state index in [1.54, 1.807) is 0 Å². The molecule has 1 amide bonds. The summed E-state index contributed by atoms with van der Waals surface area (Å²) in [4.78, 5) is 13.1. The molecular weight excluding hydrogens is 306 g/mol. The molecule has 0 radical (unpaired) electrons. The average molecular weight is 333 g/mol. The van der Waals surface area contributed by atoms with Crippen molar-refractivity contribution in [1.29, 1.82) is 5.41 Å². The van der Waals surface area contributed by atoms with Crippen molar-refractivity contribution in [3.63, 3.8) is 0 Å². The Balaban J connectivity index is 2.42. The standard InChI is InChI=1S/C14H27N3O4S/c1-4-6-17(3)13(15)22-12-8-10(18)7-11(21-12)9-20-14(19)16-5-2/h10-12,15,18H,4-9H2,1-3H3,(H,16,19)/t10-,11-,12?/m0/s1. The zero-order valence-electron chi connectivity index (χ0n) is 13.5. The van der Waals surface area contributed by atoms with Gasteiger partial charge in [0.05, 0.1) is 12.2 Å². The molecule has 8 heteroatoms. The van der Waals surface area contributed by atoms with E-state index in [1.807, 2.05) is 18.9 Å². The van der Waals surface area contributed by atoms with E-state index < -0.39 is 12.2 Å². The van der Waals surface area contributed by atoms with Crippen LogP contribution in [0.1, 0.15) is 33.1 Å². The van der Waals surface area contributed by atoms with Gasteiger partial charge in [-0.25, -0.2) is 4.79 Å². The van der Waals surface area contributed by atoms with Crippen LogP contribution < -0.4 is 5.32 Å². The third-order valence-electron chi connectivity index (χ3n) is 3.21. The normalized spacial score (nSPS) is 24.6. The van der Waals surface area contributed by atoms with Crippen molar-refractivity contribution in [3.8, 4) is 0 Å². The summed E-state index contributed by atoms with van der Waals surface area (Å²) >= 11 is 1.29. The average Bonchev–Trinajstić information content (AvgIpc) is 2.45. The van der Waals surface area contributed by atoms with Crippen LogP contribution in [0.2, 0.25) is 0 Å². The summed E-state index contributed by atoms with van der Waals surface area (Å²) in [6.07, 6.45) is 0.563. The number of amidine groups is 1. The molecule has 3 atom stereocenters. The molecule has 7 nitrogen and oxygen atoms in total. The maximum absolute atomic E-state index is 11.3. The number of rotatable bonds is 6.